The van der Waals surface area contributed by atoms with Gasteiger partial charge >= 0.3 is 0 Å². The van der Waals surface area contributed by atoms with E-state index in [4.69, 9.17) is 0 Å². The predicted octanol–water partition coefficient (Wildman–Crippen LogP) is 22.6. The van der Waals surface area contributed by atoms with Gasteiger partial charge in [-0.25, -0.2) is 0 Å². The van der Waals surface area contributed by atoms with Crippen LogP contribution in [0.3, 0.4) is 0 Å². The molecular weight excluding hydrogens is 1140 g/mol. The number of benzene rings is 15. The van der Waals surface area contributed by atoms with Crippen molar-refractivity contribution in [1.82, 2.24) is 0 Å². The van der Waals surface area contributed by atoms with E-state index >= 15 is 0 Å². The second-order valence-corrected chi connectivity index (χ2v) is 27.9. The zero-order valence-electron chi connectivity index (χ0n) is 54.0. The minimum Gasteiger partial charge on any atom is -0.311 e. The van der Waals surface area contributed by atoms with Crippen LogP contribution < -0.4 is 45.8 Å². The van der Waals surface area contributed by atoms with Crippen molar-refractivity contribution in [2.24, 2.45) is 0 Å². The molecule has 6 aliphatic rings. The Labute approximate surface area is 547 Å². The first kappa shape index (κ1) is 52.4. The van der Waals surface area contributed by atoms with Crippen LogP contribution in [0, 0.1) is 62.3 Å². The van der Waals surface area contributed by atoms with Crippen molar-refractivity contribution in [3.05, 3.63) is 268 Å². The SMILES string of the molecule is Cc1ccc(N2c3cc4c5c(c3)N3c6cc(cc7c6B5c5c6cc(cc5N4c4ccc(C)c5cc8c(C)ccc2c8cc45)N(c2ccc(C)cc2)c2ccc(C)c4cc5c(C)ccc(c5cc24)N67)N(c2ccc(C)cc2)c2ccc(C)c4cc5c(C)ccc3c5cc24)cc1. The molecule has 21 rings (SSSR count). The molecule has 7 heteroatoms. The van der Waals surface area contributed by atoms with Crippen LogP contribution >= 0.6 is 0 Å². The van der Waals surface area contributed by atoms with Crippen LogP contribution in [-0.4, -0.2) is 6.71 Å². The number of hydrogen-bond acceptors (Lipinski definition) is 6. The van der Waals surface area contributed by atoms with Crippen molar-refractivity contribution >= 4 is 190 Å². The van der Waals surface area contributed by atoms with Gasteiger partial charge in [-0.05, 0) is 290 Å². The van der Waals surface area contributed by atoms with Gasteiger partial charge < -0.3 is 29.4 Å². The van der Waals surface area contributed by atoms with Crippen molar-refractivity contribution in [1.29, 1.82) is 0 Å². The number of anilines is 18. The molecule has 0 aromatic heterocycles. The van der Waals surface area contributed by atoms with Gasteiger partial charge in [-0.3, -0.25) is 0 Å². The van der Waals surface area contributed by atoms with Gasteiger partial charge in [0.25, 0.3) is 6.71 Å². The second-order valence-electron chi connectivity index (χ2n) is 27.9. The number of nitrogens with zero attached hydrogens (tertiary/aromatic N) is 6. The topological polar surface area (TPSA) is 19.4 Å². The average molecular weight is 1200 g/mol. The molecule has 0 unspecified atom stereocenters. The van der Waals surface area contributed by atoms with Crippen LogP contribution in [0.5, 0.6) is 0 Å². The summed E-state index contributed by atoms with van der Waals surface area (Å²) in [5.41, 5.74) is 35.7. The van der Waals surface area contributed by atoms with E-state index < -0.39 is 0 Å². The average Bonchev–Trinajstić information content (AvgIpc) is 0.672. The van der Waals surface area contributed by atoms with Gasteiger partial charge in [-0.15, -0.1) is 0 Å². The molecule has 0 amide bonds. The molecule has 12 bridgehead atoms. The monoisotopic (exact) mass is 1200 g/mol. The molecule has 0 aliphatic carbocycles. The number of rotatable bonds is 3. The van der Waals surface area contributed by atoms with E-state index in [0.717, 1.165) is 68.2 Å². The molecule has 15 aromatic rings. The Morgan fingerprint density at radius 1 is 0.170 bits per heavy atom. The van der Waals surface area contributed by atoms with Gasteiger partial charge in [0, 0.05) is 83.5 Å². The zero-order chi connectivity index (χ0) is 62.7. The maximum atomic E-state index is 2.72. The quantitative estimate of drug-likeness (QED) is 0.129. The Morgan fingerprint density at radius 3 is 0.574 bits per heavy atom. The minimum atomic E-state index is -0.196. The molecule has 0 fully saturated rings. The molecule has 15 aromatic carbocycles. The molecule has 94 heavy (non-hydrogen) atoms. The third-order valence-corrected chi connectivity index (χ3v) is 22.4. The Kier molecular flexibility index (Phi) is 10.1. The van der Waals surface area contributed by atoms with Crippen LogP contribution in [0.1, 0.15) is 50.1 Å². The highest BCUT2D eigenvalue weighted by Gasteiger charge is 2.52. The summed E-state index contributed by atoms with van der Waals surface area (Å²) in [5.74, 6) is 0. The van der Waals surface area contributed by atoms with E-state index in [1.54, 1.807) is 0 Å². The molecule has 6 heterocycles. The van der Waals surface area contributed by atoms with Crippen molar-refractivity contribution in [2.45, 2.75) is 62.3 Å². The number of aryl methyl sites for hydroxylation is 9. The molecule has 0 atom stereocenters. The number of hydrogen-bond donors (Lipinski definition) is 0. The third-order valence-electron chi connectivity index (χ3n) is 22.4. The molecule has 0 spiro atoms. The highest BCUT2D eigenvalue weighted by Crippen LogP contribution is 2.60. The van der Waals surface area contributed by atoms with Gasteiger partial charge in [-0.2, -0.15) is 0 Å². The summed E-state index contributed by atoms with van der Waals surface area (Å²) in [7, 11) is 0. The lowest BCUT2D eigenvalue weighted by Crippen LogP contribution is -2.65. The van der Waals surface area contributed by atoms with E-state index in [9.17, 15) is 0 Å². The first-order valence-corrected chi connectivity index (χ1v) is 33.2. The molecule has 6 aliphatic heterocycles. The highest BCUT2D eigenvalue weighted by atomic mass is 15.3. The van der Waals surface area contributed by atoms with Crippen LogP contribution in [0.25, 0.3) is 64.6 Å². The zero-order valence-corrected chi connectivity index (χ0v) is 54.0. The van der Waals surface area contributed by atoms with Gasteiger partial charge in [0.2, 0.25) is 0 Å². The van der Waals surface area contributed by atoms with E-state index in [1.165, 1.54) is 165 Å². The van der Waals surface area contributed by atoms with Crippen LogP contribution in [0.4, 0.5) is 102 Å². The molecule has 444 valence electrons. The van der Waals surface area contributed by atoms with Crippen molar-refractivity contribution in [3.63, 3.8) is 0 Å². The molecule has 0 saturated carbocycles. The lowest BCUT2D eigenvalue weighted by atomic mass is 9.31. The van der Waals surface area contributed by atoms with Crippen LogP contribution in [-0.2, 0) is 0 Å². The van der Waals surface area contributed by atoms with Gasteiger partial charge in [0.15, 0.2) is 0 Å². The maximum absolute atomic E-state index is 2.72. The highest BCUT2D eigenvalue weighted by molar-refractivity contribution is 7.02. The van der Waals surface area contributed by atoms with Crippen LogP contribution in [0.15, 0.2) is 218 Å². The first-order chi connectivity index (χ1) is 45.8. The molecular formula is C87H63BN6. The predicted molar refractivity (Wildman–Crippen MR) is 401 cm³/mol. The van der Waals surface area contributed by atoms with Crippen molar-refractivity contribution in [3.8, 4) is 0 Å². The maximum Gasteiger partial charge on any atom is 0.257 e. The summed E-state index contributed by atoms with van der Waals surface area (Å²) in [6.07, 6.45) is 0. The lowest BCUT2D eigenvalue weighted by Gasteiger charge is -2.51. The second kappa shape index (κ2) is 18.1. The van der Waals surface area contributed by atoms with Crippen molar-refractivity contribution in [2.75, 3.05) is 29.4 Å². The Bertz CT molecular complexity index is 5480. The first-order valence-electron chi connectivity index (χ1n) is 33.2. The lowest BCUT2D eigenvalue weighted by molar-refractivity contribution is 1.19. The Hall–Kier alpha value is -11.3. The minimum absolute atomic E-state index is 0.196. The molecule has 0 radical (unpaired) electrons. The smallest absolute Gasteiger partial charge is 0.257 e. The summed E-state index contributed by atoms with van der Waals surface area (Å²) < 4.78 is 0. The fraction of sp³-hybridized carbons (Fsp3) is 0.103. The summed E-state index contributed by atoms with van der Waals surface area (Å²) in [4.78, 5) is 15.9. The molecule has 0 saturated heterocycles. The third kappa shape index (κ3) is 6.70. The normalized spacial score (nSPS) is 14.1. The van der Waals surface area contributed by atoms with Crippen LogP contribution in [0.2, 0.25) is 0 Å². The van der Waals surface area contributed by atoms with Gasteiger partial charge in [0.1, 0.15) is 0 Å². The van der Waals surface area contributed by atoms with E-state index in [1.807, 2.05) is 0 Å². The van der Waals surface area contributed by atoms with E-state index in [0.29, 0.717) is 0 Å². The summed E-state index contributed by atoms with van der Waals surface area (Å²) in [6, 6.07) is 86.8. The van der Waals surface area contributed by atoms with Gasteiger partial charge in [0.05, 0.1) is 51.2 Å². The Morgan fingerprint density at radius 2 is 0.362 bits per heavy atom. The molecule has 0 N–H and O–H groups in total. The summed E-state index contributed by atoms with van der Waals surface area (Å²) in [6.45, 7) is 20.1. The number of fused-ring (bicyclic) bond motifs is 9. The summed E-state index contributed by atoms with van der Waals surface area (Å²) >= 11 is 0. The van der Waals surface area contributed by atoms with Gasteiger partial charge in [-0.1, -0.05) is 89.5 Å². The fourth-order valence-electron chi connectivity index (χ4n) is 17.7. The fourth-order valence-corrected chi connectivity index (χ4v) is 17.7. The Balaban J connectivity index is 1.01. The van der Waals surface area contributed by atoms with E-state index in [2.05, 4.69) is 310 Å². The van der Waals surface area contributed by atoms with Crippen molar-refractivity contribution < 1.29 is 0 Å². The molecule has 6 nitrogen and oxygen atoms in total. The summed E-state index contributed by atoms with van der Waals surface area (Å²) in [5, 5.41) is 14.9. The van der Waals surface area contributed by atoms with E-state index in [-0.39, 0.29) is 6.71 Å². The standard InChI is InChI=1S/C87H63BN6/c1-46-10-22-55(23-11-46)89-58-34-79-85-82(37-58)93-77-32-20-53(8)65-41-62-50(5)17-29-74(68(62)44-71(65)77)90(56-24-12-47(2)13-25-56)59-35-80(93)86-84(39-59)94-78-33-21-54(9)66-42-63-51(6)18-30-75(69(63)45-72(66)78)91(57-26-14-48(3)15-27-57)60-36-81(94)87(88(85)86)83(38-60)92(79)76-31-19-52(7)64-40-61-49(4)16-28-73(89)67(61)43-70(64)76/h10-45H,1-9H3. The largest absolute Gasteiger partial charge is 0.311 e.